The van der Waals surface area contributed by atoms with E-state index in [9.17, 15) is 27.2 Å². The number of carbonyl (C=O) groups excluding carboxylic acids is 2. The predicted molar refractivity (Wildman–Crippen MR) is 117 cm³/mol. The van der Waals surface area contributed by atoms with Crippen molar-refractivity contribution in [1.29, 1.82) is 5.26 Å². The number of nitriles is 1. The van der Waals surface area contributed by atoms with E-state index in [0.29, 0.717) is 6.07 Å². The number of nitrogens with one attached hydrogen (secondary N) is 1. The number of amides is 2. The number of carbonyl (C=O) groups is 2. The van der Waals surface area contributed by atoms with Crippen LogP contribution < -0.4 is 15.1 Å². The predicted octanol–water partition coefficient (Wildman–Crippen LogP) is 4.38. The molecule has 11 heteroatoms. The van der Waals surface area contributed by atoms with Gasteiger partial charge in [0, 0.05) is 12.7 Å². The first-order valence-corrected chi connectivity index (χ1v) is 10.0. The van der Waals surface area contributed by atoms with Crippen molar-refractivity contribution in [2.45, 2.75) is 32.0 Å². The van der Waals surface area contributed by atoms with Gasteiger partial charge in [0.25, 0.3) is 5.91 Å². The van der Waals surface area contributed by atoms with Crippen molar-refractivity contribution in [2.24, 2.45) is 0 Å². The first-order valence-electron chi connectivity index (χ1n) is 9.62. The fourth-order valence-electron chi connectivity index (χ4n) is 3.67. The van der Waals surface area contributed by atoms with Crippen LogP contribution in [0.5, 0.6) is 0 Å². The van der Waals surface area contributed by atoms with E-state index in [2.05, 4.69) is 5.32 Å². The molecule has 0 spiro atoms. The summed E-state index contributed by atoms with van der Waals surface area (Å²) in [5.41, 5.74) is -2.87. The minimum absolute atomic E-state index is 0.146. The zero-order valence-corrected chi connectivity index (χ0v) is 18.6. The maximum atomic E-state index is 14.6. The van der Waals surface area contributed by atoms with Crippen LogP contribution >= 0.6 is 12.2 Å². The Hall–Kier alpha value is -3.52. The zero-order valence-electron chi connectivity index (χ0n) is 17.7. The summed E-state index contributed by atoms with van der Waals surface area (Å²) >= 11 is 5.47. The van der Waals surface area contributed by atoms with Crippen molar-refractivity contribution in [3.63, 3.8) is 0 Å². The summed E-state index contributed by atoms with van der Waals surface area (Å²) in [4.78, 5) is 27.1. The van der Waals surface area contributed by atoms with Gasteiger partial charge in [-0.15, -0.1) is 0 Å². The number of nitrogens with zero attached hydrogens (tertiary/aromatic N) is 3. The molecule has 1 aliphatic heterocycles. The van der Waals surface area contributed by atoms with Gasteiger partial charge in [-0.1, -0.05) is 0 Å². The molecule has 1 saturated heterocycles. The average molecular weight is 478 g/mol. The van der Waals surface area contributed by atoms with Crippen molar-refractivity contribution in [1.82, 2.24) is 5.32 Å². The lowest BCUT2D eigenvalue weighted by molar-refractivity contribution is -0.137. The lowest BCUT2D eigenvalue weighted by atomic mass is 9.93. The third-order valence-electron chi connectivity index (χ3n) is 5.19. The minimum atomic E-state index is -4.82. The van der Waals surface area contributed by atoms with Crippen molar-refractivity contribution in [3.8, 4) is 6.07 Å². The normalized spacial score (nSPS) is 15.9. The van der Waals surface area contributed by atoms with Gasteiger partial charge in [-0.25, -0.2) is 4.39 Å². The highest BCUT2D eigenvalue weighted by atomic mass is 32.1. The molecule has 2 aromatic rings. The molecule has 3 rings (SSSR count). The number of halogens is 4. The van der Waals surface area contributed by atoms with Crippen molar-refractivity contribution < 1.29 is 27.2 Å². The smallest absolute Gasteiger partial charge is 0.355 e. The fraction of sp³-hybridized carbons (Fsp3) is 0.273. The summed E-state index contributed by atoms with van der Waals surface area (Å²) < 4.78 is 55.0. The fourth-order valence-corrected chi connectivity index (χ4v) is 4.23. The number of hydrogen-bond acceptors (Lipinski definition) is 4. The van der Waals surface area contributed by atoms with Crippen LogP contribution in [0.4, 0.5) is 28.9 Å². The summed E-state index contributed by atoms with van der Waals surface area (Å²) in [6, 6.07) is 8.11. The molecule has 0 bridgehead atoms. The van der Waals surface area contributed by atoms with Crippen molar-refractivity contribution >= 4 is 40.5 Å². The maximum absolute atomic E-state index is 14.6. The summed E-state index contributed by atoms with van der Waals surface area (Å²) in [6.07, 6.45) is -4.97. The second-order valence-electron chi connectivity index (χ2n) is 7.92. The minimum Gasteiger partial charge on any atom is -0.355 e. The van der Waals surface area contributed by atoms with Crippen LogP contribution in [0.3, 0.4) is 0 Å². The molecule has 2 amide bonds. The molecule has 1 fully saturated rings. The van der Waals surface area contributed by atoms with E-state index in [4.69, 9.17) is 17.5 Å². The van der Waals surface area contributed by atoms with Crippen LogP contribution in [0.1, 0.15) is 41.8 Å². The van der Waals surface area contributed by atoms with Gasteiger partial charge in [-0.05, 0) is 62.5 Å². The highest BCUT2D eigenvalue weighted by Gasteiger charge is 2.44. The van der Waals surface area contributed by atoms with E-state index in [-0.39, 0.29) is 28.5 Å². The lowest BCUT2D eigenvalue weighted by Gasteiger charge is -2.47. The van der Waals surface area contributed by atoms with Crippen LogP contribution in [-0.2, 0) is 11.0 Å². The van der Waals surface area contributed by atoms with E-state index in [1.807, 2.05) is 0 Å². The van der Waals surface area contributed by atoms with E-state index < -0.39 is 40.5 Å². The molecular weight excluding hydrogens is 460 g/mol. The first-order chi connectivity index (χ1) is 15.3. The van der Waals surface area contributed by atoms with Crippen LogP contribution in [0, 0.1) is 17.1 Å². The van der Waals surface area contributed by atoms with Crippen LogP contribution in [0.15, 0.2) is 36.4 Å². The van der Waals surface area contributed by atoms with Gasteiger partial charge in [0.1, 0.15) is 5.82 Å². The molecule has 172 valence electrons. The monoisotopic (exact) mass is 478 g/mol. The highest BCUT2D eigenvalue weighted by molar-refractivity contribution is 7.81. The molecule has 0 unspecified atom stereocenters. The highest BCUT2D eigenvalue weighted by Crippen LogP contribution is 2.39. The molecule has 6 nitrogen and oxygen atoms in total. The Bertz CT molecular complexity index is 1200. The van der Waals surface area contributed by atoms with E-state index in [1.165, 1.54) is 36.2 Å². The van der Waals surface area contributed by atoms with Gasteiger partial charge < -0.3 is 10.2 Å². The van der Waals surface area contributed by atoms with Gasteiger partial charge in [0.05, 0.1) is 40.4 Å². The van der Waals surface area contributed by atoms with Gasteiger partial charge in [0.15, 0.2) is 5.11 Å². The summed E-state index contributed by atoms with van der Waals surface area (Å²) in [7, 11) is 1.36. The molecule has 0 atom stereocenters. The Morgan fingerprint density at radius 3 is 2.36 bits per heavy atom. The van der Waals surface area contributed by atoms with Gasteiger partial charge in [-0.3, -0.25) is 14.5 Å². The quantitative estimate of drug-likeness (QED) is 0.523. The molecule has 33 heavy (non-hydrogen) atoms. The summed E-state index contributed by atoms with van der Waals surface area (Å²) in [6.45, 7) is 3.36. The standard InChI is InChI=1S/C22H18F4N4O2S/c1-21(2)10-18(31)29(13-5-4-12(11-27)16(8-13)22(24,25)26)20(33)30(21)14-6-7-15(17(23)9-14)19(32)28-3/h4-9H,10H2,1-3H3,(H,28,32). The second kappa shape index (κ2) is 8.44. The molecule has 0 radical (unpaired) electrons. The molecule has 0 saturated carbocycles. The molecule has 1 aliphatic rings. The number of thiocarbonyl (C=S) groups is 1. The zero-order chi connectivity index (χ0) is 24.7. The van der Waals surface area contributed by atoms with E-state index in [0.717, 1.165) is 17.0 Å². The van der Waals surface area contributed by atoms with Crippen LogP contribution in [0.2, 0.25) is 0 Å². The third-order valence-corrected chi connectivity index (χ3v) is 5.56. The van der Waals surface area contributed by atoms with Gasteiger partial charge in [0.2, 0.25) is 5.91 Å². The average Bonchev–Trinajstić information content (AvgIpc) is 2.71. The Morgan fingerprint density at radius 1 is 1.18 bits per heavy atom. The van der Waals surface area contributed by atoms with Crippen molar-refractivity contribution in [2.75, 3.05) is 16.8 Å². The maximum Gasteiger partial charge on any atom is 0.417 e. The Labute approximate surface area is 192 Å². The molecule has 0 aliphatic carbocycles. The SMILES string of the molecule is CNC(=O)c1ccc(N2C(=S)N(c3ccc(C#N)c(C(F)(F)F)c3)C(=O)CC2(C)C)cc1F. The number of rotatable bonds is 3. The molecular formula is C22H18F4N4O2S. The first kappa shape index (κ1) is 24.1. The molecule has 2 aromatic carbocycles. The van der Waals surface area contributed by atoms with Crippen LogP contribution in [0.25, 0.3) is 0 Å². The number of hydrogen-bond donors (Lipinski definition) is 1. The lowest BCUT2D eigenvalue weighted by Crippen LogP contribution is -2.62. The third kappa shape index (κ3) is 4.39. The molecule has 1 heterocycles. The Kier molecular flexibility index (Phi) is 6.17. The summed E-state index contributed by atoms with van der Waals surface area (Å²) in [5.74, 6) is -2.01. The van der Waals surface area contributed by atoms with Gasteiger partial charge in [-0.2, -0.15) is 18.4 Å². The topological polar surface area (TPSA) is 76.4 Å². The van der Waals surface area contributed by atoms with E-state index in [1.54, 1.807) is 13.8 Å². The van der Waals surface area contributed by atoms with Crippen molar-refractivity contribution in [3.05, 3.63) is 58.9 Å². The van der Waals surface area contributed by atoms with E-state index >= 15 is 0 Å². The molecule has 1 N–H and O–H groups in total. The molecule has 0 aromatic heterocycles. The number of alkyl halides is 3. The Balaban J connectivity index is 2.10. The second-order valence-corrected chi connectivity index (χ2v) is 8.28. The van der Waals surface area contributed by atoms with Crippen LogP contribution in [-0.4, -0.2) is 29.5 Å². The Morgan fingerprint density at radius 2 is 1.82 bits per heavy atom. The largest absolute Gasteiger partial charge is 0.417 e. The number of benzene rings is 2. The summed E-state index contributed by atoms with van der Waals surface area (Å²) in [5, 5.41) is 11.2. The number of anilines is 2. The van der Waals surface area contributed by atoms with Gasteiger partial charge >= 0.3 is 6.18 Å².